The van der Waals surface area contributed by atoms with Gasteiger partial charge >= 0.3 is 12.0 Å². The maximum atomic E-state index is 12.0. The second kappa shape index (κ2) is 6.36. The smallest absolute Gasteiger partial charge is 0.328 e. The highest BCUT2D eigenvalue weighted by molar-refractivity contribution is 9.10. The Hall–Kier alpha value is -1.12. The molecule has 0 saturated carbocycles. The van der Waals surface area contributed by atoms with Crippen LogP contribution >= 0.6 is 27.3 Å². The first-order valence-corrected chi connectivity index (χ1v) is 7.33. The van der Waals surface area contributed by atoms with E-state index in [9.17, 15) is 9.59 Å². The number of rotatable bonds is 3. The average molecular weight is 349 g/mol. The van der Waals surface area contributed by atoms with Crippen LogP contribution in [0.25, 0.3) is 0 Å². The minimum atomic E-state index is -1.05. The number of carbonyl (C=O) groups is 2. The van der Waals surface area contributed by atoms with Crippen LogP contribution in [0.4, 0.5) is 4.79 Å². The van der Waals surface area contributed by atoms with Crippen LogP contribution in [0.15, 0.2) is 15.9 Å². The van der Waals surface area contributed by atoms with Crippen LogP contribution in [0, 0.1) is 0 Å². The van der Waals surface area contributed by atoms with Crippen molar-refractivity contribution in [3.63, 3.8) is 0 Å². The Kier molecular flexibility index (Phi) is 4.78. The van der Waals surface area contributed by atoms with E-state index in [0.717, 1.165) is 9.35 Å². The van der Waals surface area contributed by atoms with Crippen LogP contribution in [-0.2, 0) is 16.1 Å². The molecule has 104 valence electrons. The number of hydrogen-bond acceptors (Lipinski definition) is 4. The molecule has 0 aromatic carbocycles. The molecule has 8 heteroatoms. The van der Waals surface area contributed by atoms with Gasteiger partial charge in [-0.1, -0.05) is 0 Å². The summed E-state index contributed by atoms with van der Waals surface area (Å²) in [7, 11) is 0. The zero-order valence-corrected chi connectivity index (χ0v) is 12.4. The van der Waals surface area contributed by atoms with Crippen molar-refractivity contribution in [1.29, 1.82) is 0 Å². The van der Waals surface area contributed by atoms with Gasteiger partial charge in [-0.25, -0.2) is 9.59 Å². The van der Waals surface area contributed by atoms with Gasteiger partial charge in [-0.05, 0) is 27.4 Å². The second-order valence-electron chi connectivity index (χ2n) is 3.97. The summed E-state index contributed by atoms with van der Waals surface area (Å²) in [6, 6.07) is 0.609. The lowest BCUT2D eigenvalue weighted by Crippen LogP contribution is -2.55. The molecule has 1 aliphatic heterocycles. The standard InChI is InChI=1S/C11H13BrN2O4S/c12-7-1-4-19-9(7)5-13-11(17)14-2-3-18-6-8(14)10(15)16/h1,4,8H,2-3,5-6H2,(H,13,17)(H,15,16). The van der Waals surface area contributed by atoms with Gasteiger partial charge in [0.1, 0.15) is 0 Å². The van der Waals surface area contributed by atoms with Crippen molar-refractivity contribution in [2.24, 2.45) is 0 Å². The molecule has 2 heterocycles. The van der Waals surface area contributed by atoms with E-state index in [2.05, 4.69) is 21.2 Å². The molecule has 2 N–H and O–H groups in total. The molecule has 1 aromatic heterocycles. The zero-order chi connectivity index (χ0) is 13.8. The van der Waals surface area contributed by atoms with E-state index in [1.165, 1.54) is 16.2 Å². The van der Waals surface area contributed by atoms with E-state index in [-0.39, 0.29) is 19.2 Å². The third kappa shape index (κ3) is 3.46. The van der Waals surface area contributed by atoms with Gasteiger partial charge in [-0.3, -0.25) is 0 Å². The highest BCUT2D eigenvalue weighted by Crippen LogP contribution is 2.22. The van der Waals surface area contributed by atoms with Crippen LogP contribution < -0.4 is 5.32 Å². The number of carbonyl (C=O) groups excluding carboxylic acids is 1. The van der Waals surface area contributed by atoms with Crippen LogP contribution in [0.5, 0.6) is 0 Å². The number of nitrogens with one attached hydrogen (secondary N) is 1. The quantitative estimate of drug-likeness (QED) is 0.867. The largest absolute Gasteiger partial charge is 0.480 e. The summed E-state index contributed by atoms with van der Waals surface area (Å²) >= 11 is 4.90. The minimum Gasteiger partial charge on any atom is -0.480 e. The molecule has 6 nitrogen and oxygen atoms in total. The van der Waals surface area contributed by atoms with E-state index in [0.29, 0.717) is 13.2 Å². The Morgan fingerprint density at radius 1 is 1.63 bits per heavy atom. The summed E-state index contributed by atoms with van der Waals surface area (Å²) in [5.74, 6) is -1.05. The van der Waals surface area contributed by atoms with Gasteiger partial charge in [0.25, 0.3) is 0 Å². The number of carboxylic acid groups (broad SMARTS) is 1. The summed E-state index contributed by atoms with van der Waals surface area (Å²) in [6.45, 7) is 1.06. The van der Waals surface area contributed by atoms with Crippen molar-refractivity contribution in [1.82, 2.24) is 10.2 Å². The first kappa shape index (κ1) is 14.3. The lowest BCUT2D eigenvalue weighted by atomic mass is 10.2. The molecule has 1 aromatic rings. The maximum absolute atomic E-state index is 12.0. The maximum Gasteiger partial charge on any atom is 0.328 e. The van der Waals surface area contributed by atoms with Gasteiger partial charge in [-0.2, -0.15) is 0 Å². The van der Waals surface area contributed by atoms with Crippen LogP contribution in [-0.4, -0.2) is 47.8 Å². The summed E-state index contributed by atoms with van der Waals surface area (Å²) in [4.78, 5) is 25.3. The van der Waals surface area contributed by atoms with Crippen molar-refractivity contribution in [3.8, 4) is 0 Å². The molecule has 1 atom stereocenters. The van der Waals surface area contributed by atoms with Crippen molar-refractivity contribution < 1.29 is 19.4 Å². The van der Waals surface area contributed by atoms with Crippen molar-refractivity contribution in [2.45, 2.75) is 12.6 Å². The summed E-state index contributed by atoms with van der Waals surface area (Å²) < 4.78 is 6.02. The first-order chi connectivity index (χ1) is 9.09. The number of carboxylic acids is 1. The van der Waals surface area contributed by atoms with Gasteiger partial charge in [0, 0.05) is 15.9 Å². The van der Waals surface area contributed by atoms with Gasteiger partial charge in [0.15, 0.2) is 6.04 Å². The van der Waals surface area contributed by atoms with E-state index in [4.69, 9.17) is 9.84 Å². The Balaban J connectivity index is 1.94. The highest BCUT2D eigenvalue weighted by atomic mass is 79.9. The number of nitrogens with zero attached hydrogens (tertiary/aromatic N) is 1. The Morgan fingerprint density at radius 3 is 3.05 bits per heavy atom. The molecule has 1 fully saturated rings. The number of urea groups is 1. The number of morpholine rings is 1. The number of aliphatic carboxylic acids is 1. The van der Waals surface area contributed by atoms with Crippen LogP contribution in [0.3, 0.4) is 0 Å². The Bertz CT molecular complexity index is 479. The third-order valence-corrected chi connectivity index (χ3v) is 4.69. The molecule has 0 bridgehead atoms. The van der Waals surface area contributed by atoms with Crippen LogP contribution in [0.1, 0.15) is 4.88 Å². The molecule has 2 rings (SSSR count). The predicted molar refractivity (Wildman–Crippen MR) is 73.2 cm³/mol. The predicted octanol–water partition coefficient (Wildman–Crippen LogP) is 1.51. The van der Waals surface area contributed by atoms with E-state index >= 15 is 0 Å². The fraction of sp³-hybridized carbons (Fsp3) is 0.455. The minimum absolute atomic E-state index is 0.0332. The number of amides is 2. The Morgan fingerprint density at radius 2 is 2.42 bits per heavy atom. The molecule has 0 radical (unpaired) electrons. The number of hydrogen-bond donors (Lipinski definition) is 2. The number of thiophene rings is 1. The second-order valence-corrected chi connectivity index (χ2v) is 5.83. The van der Waals surface area contributed by atoms with E-state index in [1.54, 1.807) is 0 Å². The molecule has 1 saturated heterocycles. The lowest BCUT2D eigenvalue weighted by Gasteiger charge is -2.32. The molecule has 2 amide bonds. The van der Waals surface area contributed by atoms with Gasteiger partial charge in [0.2, 0.25) is 0 Å². The van der Waals surface area contributed by atoms with E-state index < -0.39 is 12.0 Å². The molecule has 19 heavy (non-hydrogen) atoms. The highest BCUT2D eigenvalue weighted by Gasteiger charge is 2.32. The van der Waals surface area contributed by atoms with Crippen molar-refractivity contribution in [3.05, 3.63) is 20.8 Å². The average Bonchev–Trinajstić information content (AvgIpc) is 2.81. The SMILES string of the molecule is O=C(O)C1COCCN1C(=O)NCc1sccc1Br. The van der Waals surface area contributed by atoms with Crippen molar-refractivity contribution >= 4 is 39.3 Å². The van der Waals surface area contributed by atoms with E-state index in [1.807, 2.05) is 11.4 Å². The topological polar surface area (TPSA) is 78.9 Å². The third-order valence-electron chi connectivity index (χ3n) is 2.77. The molecular weight excluding hydrogens is 336 g/mol. The van der Waals surface area contributed by atoms with Gasteiger partial charge in [-0.15, -0.1) is 11.3 Å². The molecule has 1 aliphatic rings. The van der Waals surface area contributed by atoms with Gasteiger partial charge in [0.05, 0.1) is 19.8 Å². The lowest BCUT2D eigenvalue weighted by molar-refractivity contribution is -0.147. The Labute approximate surface area is 122 Å². The van der Waals surface area contributed by atoms with Crippen molar-refractivity contribution in [2.75, 3.05) is 19.8 Å². The van der Waals surface area contributed by atoms with Crippen LogP contribution in [0.2, 0.25) is 0 Å². The summed E-state index contributed by atoms with van der Waals surface area (Å²) in [5.41, 5.74) is 0. The molecular formula is C11H13BrN2O4S. The normalized spacial score (nSPS) is 19.2. The summed E-state index contributed by atoms with van der Waals surface area (Å²) in [6.07, 6.45) is 0. The summed E-state index contributed by atoms with van der Waals surface area (Å²) in [5, 5.41) is 13.7. The number of ether oxygens (including phenoxy) is 1. The molecule has 0 spiro atoms. The fourth-order valence-corrected chi connectivity index (χ4v) is 3.19. The fourth-order valence-electron chi connectivity index (χ4n) is 1.76. The van der Waals surface area contributed by atoms with Gasteiger partial charge < -0.3 is 20.1 Å². The zero-order valence-electron chi connectivity index (χ0n) is 9.97. The molecule has 1 unspecified atom stereocenters. The molecule has 0 aliphatic carbocycles. The first-order valence-electron chi connectivity index (χ1n) is 5.66. The number of halogens is 1. The monoisotopic (exact) mass is 348 g/mol.